The Morgan fingerprint density at radius 1 is 1.28 bits per heavy atom. The first-order chi connectivity index (χ1) is 8.83. The van der Waals surface area contributed by atoms with Crippen LogP contribution in [0, 0.1) is 5.92 Å². The van der Waals surface area contributed by atoms with Crippen molar-refractivity contribution in [2.24, 2.45) is 5.92 Å². The molecule has 1 nitrogen and oxygen atoms in total. The lowest BCUT2D eigenvalue weighted by atomic mass is 9.84. The summed E-state index contributed by atoms with van der Waals surface area (Å²) in [6.45, 7) is 4.63. The quantitative estimate of drug-likeness (QED) is 0.750. The van der Waals surface area contributed by atoms with E-state index in [1.807, 2.05) is 11.3 Å². The maximum absolute atomic E-state index is 3.91. The fourth-order valence-corrected chi connectivity index (χ4v) is 3.93. The molecule has 1 unspecified atom stereocenters. The van der Waals surface area contributed by atoms with Gasteiger partial charge in [0.2, 0.25) is 0 Å². The molecule has 1 N–H and O–H groups in total. The van der Waals surface area contributed by atoms with Gasteiger partial charge in [-0.3, -0.25) is 0 Å². The van der Waals surface area contributed by atoms with Crippen molar-refractivity contribution in [2.75, 3.05) is 0 Å². The Kier molecular flexibility index (Phi) is 5.71. The van der Waals surface area contributed by atoms with E-state index >= 15 is 0 Å². The van der Waals surface area contributed by atoms with E-state index in [1.165, 1.54) is 49.8 Å². The third kappa shape index (κ3) is 3.83. The summed E-state index contributed by atoms with van der Waals surface area (Å²) >= 11 is 1.90. The smallest absolute Gasteiger partial charge is 0.0416 e. The van der Waals surface area contributed by atoms with Crippen molar-refractivity contribution in [1.82, 2.24) is 5.32 Å². The summed E-state index contributed by atoms with van der Waals surface area (Å²) in [5.74, 6) is 0.995. The number of nitrogens with one attached hydrogen (secondary N) is 1. The van der Waals surface area contributed by atoms with Gasteiger partial charge in [-0.05, 0) is 49.5 Å². The molecule has 1 aromatic rings. The average Bonchev–Trinajstić information content (AvgIpc) is 2.93. The Hall–Kier alpha value is -0.340. The van der Waals surface area contributed by atoms with Gasteiger partial charge in [-0.25, -0.2) is 0 Å². The Bertz CT molecular complexity index is 312. The summed E-state index contributed by atoms with van der Waals surface area (Å²) in [5, 5.41) is 6.12. The highest BCUT2D eigenvalue weighted by atomic mass is 32.1. The summed E-state index contributed by atoms with van der Waals surface area (Å²) in [5.41, 5.74) is 0. The molecule has 2 heteroatoms. The Morgan fingerprint density at radius 3 is 2.61 bits per heavy atom. The molecule has 1 aromatic heterocycles. The SMILES string of the molecule is CCCC(NC1CCC(CC)CC1)c1cccs1. The van der Waals surface area contributed by atoms with E-state index in [0.717, 1.165) is 12.0 Å². The van der Waals surface area contributed by atoms with E-state index in [0.29, 0.717) is 6.04 Å². The van der Waals surface area contributed by atoms with Gasteiger partial charge < -0.3 is 5.32 Å². The first kappa shape index (κ1) is 14.1. The molecule has 0 radical (unpaired) electrons. The molecule has 1 aliphatic carbocycles. The maximum atomic E-state index is 3.91. The van der Waals surface area contributed by atoms with Crippen molar-refractivity contribution in [3.8, 4) is 0 Å². The van der Waals surface area contributed by atoms with E-state index in [4.69, 9.17) is 0 Å². The highest BCUT2D eigenvalue weighted by Gasteiger charge is 2.22. The van der Waals surface area contributed by atoms with E-state index in [1.54, 1.807) is 0 Å². The normalized spacial score (nSPS) is 26.1. The van der Waals surface area contributed by atoms with Gasteiger partial charge in [-0.2, -0.15) is 0 Å². The summed E-state index contributed by atoms with van der Waals surface area (Å²) in [6.07, 6.45) is 9.52. The predicted octanol–water partition coefficient (Wildman–Crippen LogP) is 5.15. The topological polar surface area (TPSA) is 12.0 Å². The van der Waals surface area contributed by atoms with Crippen molar-refractivity contribution in [3.05, 3.63) is 22.4 Å². The molecule has 0 aromatic carbocycles. The van der Waals surface area contributed by atoms with Crippen LogP contribution < -0.4 is 5.32 Å². The van der Waals surface area contributed by atoms with Gasteiger partial charge in [-0.15, -0.1) is 11.3 Å². The van der Waals surface area contributed by atoms with Crippen LogP contribution in [-0.2, 0) is 0 Å². The Labute approximate surface area is 116 Å². The molecule has 0 spiro atoms. The van der Waals surface area contributed by atoms with Gasteiger partial charge >= 0.3 is 0 Å². The van der Waals surface area contributed by atoms with Crippen molar-refractivity contribution in [2.45, 2.75) is 70.9 Å². The summed E-state index contributed by atoms with van der Waals surface area (Å²) < 4.78 is 0. The molecule has 0 amide bonds. The Balaban J connectivity index is 1.86. The van der Waals surface area contributed by atoms with E-state index in [9.17, 15) is 0 Å². The highest BCUT2D eigenvalue weighted by Crippen LogP contribution is 2.30. The van der Waals surface area contributed by atoms with E-state index < -0.39 is 0 Å². The molecule has 0 bridgehead atoms. The number of hydrogen-bond donors (Lipinski definition) is 1. The second kappa shape index (κ2) is 7.30. The molecule has 102 valence electrons. The second-order valence-electron chi connectivity index (χ2n) is 5.65. The minimum absolute atomic E-state index is 0.596. The summed E-state index contributed by atoms with van der Waals surface area (Å²) in [7, 11) is 0. The molecule has 1 fully saturated rings. The maximum Gasteiger partial charge on any atom is 0.0416 e. The fraction of sp³-hybridized carbons (Fsp3) is 0.750. The monoisotopic (exact) mass is 265 g/mol. The van der Waals surface area contributed by atoms with E-state index in [2.05, 4.69) is 36.7 Å². The lowest BCUT2D eigenvalue weighted by Gasteiger charge is -2.31. The molecule has 0 saturated heterocycles. The van der Waals surface area contributed by atoms with Crippen LogP contribution >= 0.6 is 11.3 Å². The number of hydrogen-bond acceptors (Lipinski definition) is 2. The third-order valence-corrected chi connectivity index (χ3v) is 5.31. The van der Waals surface area contributed by atoms with Crippen molar-refractivity contribution >= 4 is 11.3 Å². The predicted molar refractivity (Wildman–Crippen MR) is 81.1 cm³/mol. The van der Waals surface area contributed by atoms with Crippen molar-refractivity contribution in [1.29, 1.82) is 0 Å². The zero-order valence-corrected chi connectivity index (χ0v) is 12.6. The van der Waals surface area contributed by atoms with Crippen molar-refractivity contribution < 1.29 is 0 Å². The van der Waals surface area contributed by atoms with Crippen LogP contribution in [0.15, 0.2) is 17.5 Å². The van der Waals surface area contributed by atoms with Crippen LogP contribution in [-0.4, -0.2) is 6.04 Å². The third-order valence-electron chi connectivity index (χ3n) is 4.32. The Morgan fingerprint density at radius 2 is 2.06 bits per heavy atom. The van der Waals surface area contributed by atoms with Gasteiger partial charge in [-0.1, -0.05) is 32.8 Å². The van der Waals surface area contributed by atoms with Crippen LogP contribution in [0.1, 0.15) is 69.7 Å². The minimum Gasteiger partial charge on any atom is -0.306 e. The number of thiophene rings is 1. The molecular formula is C16H27NS. The van der Waals surface area contributed by atoms with Gasteiger partial charge in [0, 0.05) is 17.0 Å². The van der Waals surface area contributed by atoms with Crippen molar-refractivity contribution in [3.63, 3.8) is 0 Å². The molecule has 1 saturated carbocycles. The standard InChI is InChI=1S/C16H27NS/c1-3-6-15(16-7-5-12-18-16)17-14-10-8-13(4-2)9-11-14/h5,7,12-15,17H,3-4,6,8-11H2,1-2H3. The first-order valence-corrected chi connectivity index (χ1v) is 8.50. The van der Waals surface area contributed by atoms with Gasteiger partial charge in [0.1, 0.15) is 0 Å². The highest BCUT2D eigenvalue weighted by molar-refractivity contribution is 7.10. The minimum atomic E-state index is 0.596. The van der Waals surface area contributed by atoms with Gasteiger partial charge in [0.15, 0.2) is 0 Å². The molecule has 1 aliphatic rings. The van der Waals surface area contributed by atoms with Crippen LogP contribution in [0.3, 0.4) is 0 Å². The molecular weight excluding hydrogens is 238 g/mol. The number of rotatable bonds is 6. The van der Waals surface area contributed by atoms with Crippen LogP contribution in [0.5, 0.6) is 0 Å². The summed E-state index contributed by atoms with van der Waals surface area (Å²) in [6, 6.07) is 5.82. The van der Waals surface area contributed by atoms with E-state index in [-0.39, 0.29) is 0 Å². The molecule has 1 atom stereocenters. The molecule has 2 rings (SSSR count). The molecule has 18 heavy (non-hydrogen) atoms. The molecule has 1 heterocycles. The van der Waals surface area contributed by atoms with Gasteiger partial charge in [0.25, 0.3) is 0 Å². The molecule has 0 aliphatic heterocycles. The lowest BCUT2D eigenvalue weighted by Crippen LogP contribution is -2.35. The largest absolute Gasteiger partial charge is 0.306 e. The zero-order chi connectivity index (χ0) is 12.8. The van der Waals surface area contributed by atoms with Crippen LogP contribution in [0.25, 0.3) is 0 Å². The first-order valence-electron chi connectivity index (χ1n) is 7.62. The second-order valence-corrected chi connectivity index (χ2v) is 6.63. The lowest BCUT2D eigenvalue weighted by molar-refractivity contribution is 0.266. The average molecular weight is 265 g/mol. The zero-order valence-electron chi connectivity index (χ0n) is 11.8. The summed E-state index contributed by atoms with van der Waals surface area (Å²) in [4.78, 5) is 1.52. The fourth-order valence-electron chi connectivity index (χ4n) is 3.11. The van der Waals surface area contributed by atoms with Crippen LogP contribution in [0.2, 0.25) is 0 Å². The van der Waals surface area contributed by atoms with Gasteiger partial charge in [0.05, 0.1) is 0 Å². The van der Waals surface area contributed by atoms with Crippen LogP contribution in [0.4, 0.5) is 0 Å².